The van der Waals surface area contributed by atoms with Gasteiger partial charge in [0.15, 0.2) is 23.3 Å². The van der Waals surface area contributed by atoms with E-state index in [1.54, 1.807) is 0 Å². The Bertz CT molecular complexity index is 1020. The van der Waals surface area contributed by atoms with E-state index < -0.39 is 50.4 Å². The lowest BCUT2D eigenvalue weighted by Crippen LogP contribution is -2.18. The fourth-order valence-corrected chi connectivity index (χ4v) is 3.73. The number of hydrogen-bond donors (Lipinski definition) is 1. The van der Waals surface area contributed by atoms with Gasteiger partial charge in [0.2, 0.25) is 15.1 Å². The summed E-state index contributed by atoms with van der Waals surface area (Å²) in [5, 5.41) is 3.64. The van der Waals surface area contributed by atoms with E-state index in [-0.39, 0.29) is 9.30 Å². The molecule has 6 nitrogen and oxygen atoms in total. The van der Waals surface area contributed by atoms with E-state index in [4.69, 9.17) is 0 Å². The molecule has 2 aromatic heterocycles. The number of sulfonamides is 1. The van der Waals surface area contributed by atoms with Crippen LogP contribution in [0.3, 0.4) is 0 Å². The van der Waals surface area contributed by atoms with Crippen LogP contribution >= 0.6 is 11.3 Å². The maximum atomic E-state index is 13.8. The van der Waals surface area contributed by atoms with Gasteiger partial charge in [0.05, 0.1) is 17.5 Å². The van der Waals surface area contributed by atoms with Crippen LogP contribution in [-0.4, -0.2) is 30.1 Å². The van der Waals surface area contributed by atoms with Crippen LogP contribution in [0.4, 0.5) is 22.0 Å². The summed E-state index contributed by atoms with van der Waals surface area (Å²) in [6.07, 6.45) is 0.860. The topological polar surface area (TPSA) is 76.4 Å². The number of nitrogens with zero attached hydrogens (tertiary/aromatic N) is 3. The first-order valence-corrected chi connectivity index (χ1v) is 8.29. The summed E-state index contributed by atoms with van der Waals surface area (Å²) in [4.78, 5) is 3.57. The molecule has 1 aromatic carbocycles. The Kier molecular flexibility index (Phi) is 3.80. The highest BCUT2D eigenvalue weighted by Gasteiger charge is 2.29. The zero-order chi connectivity index (χ0) is 17.8. The van der Waals surface area contributed by atoms with Gasteiger partial charge >= 0.3 is 0 Å². The molecule has 128 valence electrons. The predicted molar refractivity (Wildman–Crippen MR) is 72.3 cm³/mol. The van der Waals surface area contributed by atoms with Crippen molar-refractivity contribution in [1.82, 2.24) is 19.3 Å². The Labute approximate surface area is 134 Å². The van der Waals surface area contributed by atoms with E-state index in [1.807, 2.05) is 4.72 Å². The molecule has 0 aliphatic heterocycles. The molecule has 0 atom stereocenters. The summed E-state index contributed by atoms with van der Waals surface area (Å²) in [6.45, 7) is 0. The van der Waals surface area contributed by atoms with Crippen molar-refractivity contribution in [2.45, 2.75) is 4.34 Å². The molecule has 0 saturated carbocycles. The maximum Gasteiger partial charge on any atom is 0.269 e. The molecule has 0 aliphatic rings. The van der Waals surface area contributed by atoms with Crippen molar-refractivity contribution in [2.75, 3.05) is 7.05 Å². The number of fused-ring (bicyclic) bond motifs is 1. The van der Waals surface area contributed by atoms with E-state index in [2.05, 4.69) is 10.1 Å². The van der Waals surface area contributed by atoms with Crippen molar-refractivity contribution < 1.29 is 30.4 Å². The van der Waals surface area contributed by atoms with Gasteiger partial charge in [0.25, 0.3) is 10.0 Å². The molecule has 0 bridgehead atoms. The Morgan fingerprint density at radius 2 is 1.58 bits per heavy atom. The lowest BCUT2D eigenvalue weighted by atomic mass is 10.1. The molecular weight excluding hydrogens is 379 g/mol. The van der Waals surface area contributed by atoms with Crippen molar-refractivity contribution in [2.24, 2.45) is 0 Å². The molecule has 24 heavy (non-hydrogen) atoms. The fraction of sp³-hybridized carbons (Fsp3) is 0.0909. The van der Waals surface area contributed by atoms with E-state index >= 15 is 0 Å². The molecule has 1 N–H and O–H groups in total. The Morgan fingerprint density at radius 1 is 1.04 bits per heavy atom. The van der Waals surface area contributed by atoms with Gasteiger partial charge in [-0.3, -0.25) is 0 Å². The second-order valence-corrected chi connectivity index (χ2v) is 7.39. The van der Waals surface area contributed by atoms with Crippen LogP contribution in [0, 0.1) is 29.1 Å². The van der Waals surface area contributed by atoms with Gasteiger partial charge in [-0.05, 0) is 7.05 Å². The molecule has 3 aromatic rings. The number of nitrogens with one attached hydrogen (secondary N) is 1. The lowest BCUT2D eigenvalue weighted by molar-refractivity contribution is 0.381. The molecule has 0 radical (unpaired) electrons. The van der Waals surface area contributed by atoms with Crippen molar-refractivity contribution in [3.63, 3.8) is 0 Å². The maximum absolute atomic E-state index is 13.8. The number of halogens is 5. The zero-order valence-corrected chi connectivity index (χ0v) is 13.1. The molecule has 0 spiro atoms. The number of rotatable bonds is 3. The van der Waals surface area contributed by atoms with Crippen LogP contribution in [0.15, 0.2) is 10.5 Å². The van der Waals surface area contributed by atoms with Crippen LogP contribution in [0.5, 0.6) is 0 Å². The first kappa shape index (κ1) is 16.7. The first-order valence-electron chi connectivity index (χ1n) is 5.99. The third-order valence-electron chi connectivity index (χ3n) is 2.99. The highest BCUT2D eigenvalue weighted by atomic mass is 32.2. The molecule has 13 heteroatoms. The highest BCUT2D eigenvalue weighted by molar-refractivity contribution is 7.91. The molecule has 0 aliphatic carbocycles. The van der Waals surface area contributed by atoms with Crippen LogP contribution < -0.4 is 4.72 Å². The van der Waals surface area contributed by atoms with Crippen molar-refractivity contribution in [1.29, 1.82) is 0 Å². The summed E-state index contributed by atoms with van der Waals surface area (Å²) in [7, 11) is -2.71. The van der Waals surface area contributed by atoms with Gasteiger partial charge in [0, 0.05) is 0 Å². The van der Waals surface area contributed by atoms with Crippen LogP contribution in [-0.2, 0) is 10.0 Å². The van der Waals surface area contributed by atoms with Gasteiger partial charge in [0.1, 0.15) is 0 Å². The Balaban J connectivity index is 2.21. The molecule has 0 fully saturated rings. The normalized spacial score (nSPS) is 12.2. The largest absolute Gasteiger partial charge is 0.269 e. The van der Waals surface area contributed by atoms with Crippen molar-refractivity contribution in [3.8, 4) is 11.3 Å². The van der Waals surface area contributed by atoms with Crippen LogP contribution in [0.25, 0.3) is 16.2 Å². The highest BCUT2D eigenvalue weighted by Crippen LogP contribution is 2.32. The molecular formula is C11H5F5N4O2S2. The number of hydrogen-bond acceptors (Lipinski definition) is 5. The Morgan fingerprint density at radius 3 is 2.08 bits per heavy atom. The summed E-state index contributed by atoms with van der Waals surface area (Å²) >= 11 is 0.551. The average Bonchev–Trinajstić information content (AvgIpc) is 3.10. The monoisotopic (exact) mass is 384 g/mol. The second kappa shape index (κ2) is 5.46. The minimum absolute atomic E-state index is 0.109. The molecule has 0 saturated heterocycles. The van der Waals surface area contributed by atoms with E-state index in [0.717, 1.165) is 17.8 Å². The summed E-state index contributed by atoms with van der Waals surface area (Å²) < 4.78 is 92.7. The van der Waals surface area contributed by atoms with E-state index in [9.17, 15) is 30.4 Å². The number of aromatic nitrogens is 3. The third-order valence-corrected chi connectivity index (χ3v) is 5.69. The minimum atomic E-state index is -3.86. The molecule has 0 amide bonds. The van der Waals surface area contributed by atoms with Gasteiger partial charge < -0.3 is 0 Å². The van der Waals surface area contributed by atoms with Crippen molar-refractivity contribution in [3.05, 3.63) is 35.3 Å². The third kappa shape index (κ3) is 2.35. The average molecular weight is 384 g/mol. The van der Waals surface area contributed by atoms with Crippen LogP contribution in [0.1, 0.15) is 0 Å². The summed E-state index contributed by atoms with van der Waals surface area (Å²) in [5.74, 6) is -10.6. The Hall–Kier alpha value is -2.12. The predicted octanol–water partition coefficient (Wildman–Crippen LogP) is 2.06. The molecule has 2 heterocycles. The van der Waals surface area contributed by atoms with Gasteiger partial charge in [-0.2, -0.15) is 0 Å². The van der Waals surface area contributed by atoms with Crippen LogP contribution in [0.2, 0.25) is 0 Å². The van der Waals surface area contributed by atoms with Gasteiger partial charge in [-0.25, -0.2) is 44.6 Å². The molecule has 0 unspecified atom stereocenters. The fourth-order valence-electron chi connectivity index (χ4n) is 1.83. The number of benzene rings is 1. The lowest BCUT2D eigenvalue weighted by Gasteiger charge is -2.05. The zero-order valence-electron chi connectivity index (χ0n) is 11.4. The van der Waals surface area contributed by atoms with Gasteiger partial charge in [-0.1, -0.05) is 11.3 Å². The molecule has 3 rings (SSSR count). The van der Waals surface area contributed by atoms with E-state index in [1.165, 1.54) is 0 Å². The standard InChI is InChI=1S/C11H5F5N4O2S2/c1-17-24(21,22)11-19-20-2-3(18-10(20)23-11)4-5(12)7(14)9(16)8(15)6(4)13/h2,17H,1H3. The number of imidazole rings is 1. The summed E-state index contributed by atoms with van der Waals surface area (Å²) in [5.41, 5.74) is -1.79. The smallest absolute Gasteiger partial charge is 0.217 e. The van der Waals surface area contributed by atoms with E-state index in [0.29, 0.717) is 11.3 Å². The SMILES string of the molecule is CNS(=O)(=O)c1nn2cc(-c3c(F)c(F)c(F)c(F)c3F)nc2s1. The first-order chi connectivity index (χ1) is 11.2. The van der Waals surface area contributed by atoms with Gasteiger partial charge in [-0.15, -0.1) is 5.10 Å². The summed E-state index contributed by atoms with van der Waals surface area (Å²) in [6, 6.07) is 0. The minimum Gasteiger partial charge on any atom is -0.217 e. The van der Waals surface area contributed by atoms with Crippen molar-refractivity contribution >= 4 is 26.3 Å². The second-order valence-electron chi connectivity index (χ2n) is 4.37. The quantitative estimate of drug-likeness (QED) is 0.426.